The number of rotatable bonds is 30. The number of unbranched alkanes of at least 4 members (excludes halogenated alkanes) is 18. The number of cyclic esters (lactones) is 1. The molecule has 0 radical (unpaired) electrons. The number of ether oxygens (including phenoxy) is 4. The highest BCUT2D eigenvalue weighted by Gasteiger charge is 2.42. The molecule has 3 N–H and O–H groups in total. The molecule has 242 valence electrons. The maximum atomic E-state index is 12.4. The Labute approximate surface area is 250 Å². The van der Waals surface area contributed by atoms with Crippen LogP contribution in [0.5, 0.6) is 0 Å². The highest BCUT2D eigenvalue weighted by atomic mass is 16.6. The van der Waals surface area contributed by atoms with Crippen molar-refractivity contribution in [1.29, 1.82) is 0 Å². The minimum atomic E-state index is -1.34. The molecular formula is C33H62O8. The summed E-state index contributed by atoms with van der Waals surface area (Å²) in [5.74, 6) is -0.786. The molecule has 1 aliphatic rings. The van der Waals surface area contributed by atoms with Crippen LogP contribution < -0.4 is 0 Å². The summed E-state index contributed by atoms with van der Waals surface area (Å²) in [5, 5.41) is 29.8. The number of esters is 1. The Balaban J connectivity index is 2.26. The second-order valence-corrected chi connectivity index (χ2v) is 11.5. The molecule has 1 unspecified atom stereocenters. The first kappa shape index (κ1) is 37.7. The predicted octanol–water partition coefficient (Wildman–Crippen LogP) is 6.73. The highest BCUT2D eigenvalue weighted by molar-refractivity contribution is 5.89. The van der Waals surface area contributed by atoms with Crippen LogP contribution in [0, 0.1) is 0 Å². The third kappa shape index (κ3) is 18.7. The van der Waals surface area contributed by atoms with Crippen LogP contribution in [0.1, 0.15) is 142 Å². The molecule has 0 saturated heterocycles. The van der Waals surface area contributed by atoms with E-state index in [1.54, 1.807) is 0 Å². The van der Waals surface area contributed by atoms with Crippen molar-refractivity contribution in [2.24, 2.45) is 0 Å². The van der Waals surface area contributed by atoms with Crippen molar-refractivity contribution in [3.05, 3.63) is 11.5 Å². The van der Waals surface area contributed by atoms with Crippen LogP contribution in [0.4, 0.5) is 0 Å². The fraction of sp³-hybridized carbons (Fsp3) is 0.909. The molecule has 0 saturated carbocycles. The monoisotopic (exact) mass is 586 g/mol. The van der Waals surface area contributed by atoms with E-state index in [-0.39, 0.29) is 24.7 Å². The number of hydrogen-bond acceptors (Lipinski definition) is 8. The SMILES string of the molecule is CCCCCCCCCCCCCCCCOC1=C(OCC(O)COCCCCCCCC)[C@@H]([C@@H](O)CO)OC1=O. The quantitative estimate of drug-likeness (QED) is 0.0627. The summed E-state index contributed by atoms with van der Waals surface area (Å²) in [6.07, 6.45) is 21.2. The largest absolute Gasteiger partial charge is 0.487 e. The predicted molar refractivity (Wildman–Crippen MR) is 162 cm³/mol. The molecule has 0 bridgehead atoms. The van der Waals surface area contributed by atoms with E-state index in [1.165, 1.54) is 96.3 Å². The van der Waals surface area contributed by atoms with Gasteiger partial charge >= 0.3 is 5.97 Å². The van der Waals surface area contributed by atoms with Gasteiger partial charge in [0.2, 0.25) is 5.76 Å². The minimum absolute atomic E-state index is 0.0249. The lowest BCUT2D eigenvalue weighted by atomic mass is 10.0. The molecular weight excluding hydrogens is 524 g/mol. The number of aliphatic hydroxyl groups is 3. The van der Waals surface area contributed by atoms with Crippen LogP contribution >= 0.6 is 0 Å². The number of hydrogen-bond donors (Lipinski definition) is 3. The second-order valence-electron chi connectivity index (χ2n) is 11.5. The highest BCUT2D eigenvalue weighted by Crippen LogP contribution is 2.28. The lowest BCUT2D eigenvalue weighted by Crippen LogP contribution is -2.33. The van der Waals surface area contributed by atoms with E-state index < -0.39 is 30.9 Å². The van der Waals surface area contributed by atoms with Crippen LogP contribution in [0.2, 0.25) is 0 Å². The molecule has 3 atom stereocenters. The van der Waals surface area contributed by atoms with E-state index in [0.717, 1.165) is 32.1 Å². The first-order valence-corrected chi connectivity index (χ1v) is 16.8. The van der Waals surface area contributed by atoms with Gasteiger partial charge in [0.15, 0.2) is 11.9 Å². The van der Waals surface area contributed by atoms with E-state index in [9.17, 15) is 20.1 Å². The zero-order valence-corrected chi connectivity index (χ0v) is 26.3. The summed E-state index contributed by atoms with van der Waals surface area (Å²) in [5.41, 5.74) is 0. The molecule has 1 heterocycles. The van der Waals surface area contributed by atoms with Crippen LogP contribution in [-0.4, -0.2) is 72.6 Å². The van der Waals surface area contributed by atoms with Gasteiger partial charge in [-0.1, -0.05) is 129 Å². The Hall–Kier alpha value is -1.35. The van der Waals surface area contributed by atoms with Crippen molar-refractivity contribution in [1.82, 2.24) is 0 Å². The lowest BCUT2D eigenvalue weighted by molar-refractivity contribution is -0.149. The second kappa shape index (κ2) is 26.3. The summed E-state index contributed by atoms with van der Waals surface area (Å²) in [7, 11) is 0. The van der Waals surface area contributed by atoms with Gasteiger partial charge in [-0.05, 0) is 12.8 Å². The average molecular weight is 587 g/mol. The van der Waals surface area contributed by atoms with Gasteiger partial charge in [-0.15, -0.1) is 0 Å². The van der Waals surface area contributed by atoms with Gasteiger partial charge in [0.05, 0.1) is 19.8 Å². The molecule has 41 heavy (non-hydrogen) atoms. The smallest absolute Gasteiger partial charge is 0.378 e. The number of carbonyl (C=O) groups is 1. The van der Waals surface area contributed by atoms with Crippen molar-refractivity contribution in [3.8, 4) is 0 Å². The number of aliphatic hydroxyl groups excluding tert-OH is 3. The van der Waals surface area contributed by atoms with E-state index >= 15 is 0 Å². The molecule has 8 nitrogen and oxygen atoms in total. The van der Waals surface area contributed by atoms with Gasteiger partial charge < -0.3 is 34.3 Å². The van der Waals surface area contributed by atoms with Gasteiger partial charge in [-0.25, -0.2) is 4.79 Å². The Morgan fingerprint density at radius 2 is 1.12 bits per heavy atom. The molecule has 0 aromatic rings. The topological polar surface area (TPSA) is 115 Å². The van der Waals surface area contributed by atoms with E-state index in [1.807, 2.05) is 0 Å². The fourth-order valence-electron chi connectivity index (χ4n) is 4.99. The Morgan fingerprint density at radius 3 is 1.61 bits per heavy atom. The third-order valence-corrected chi connectivity index (χ3v) is 7.57. The Morgan fingerprint density at radius 1 is 0.659 bits per heavy atom. The van der Waals surface area contributed by atoms with E-state index in [2.05, 4.69) is 13.8 Å². The summed E-state index contributed by atoms with van der Waals surface area (Å²) < 4.78 is 22.2. The van der Waals surface area contributed by atoms with Gasteiger partial charge in [-0.3, -0.25) is 0 Å². The molecule has 0 aromatic heterocycles. The zero-order valence-electron chi connectivity index (χ0n) is 26.3. The molecule has 0 spiro atoms. The zero-order chi connectivity index (χ0) is 30.0. The molecule has 0 fully saturated rings. The first-order valence-electron chi connectivity index (χ1n) is 16.8. The van der Waals surface area contributed by atoms with Gasteiger partial charge in [0, 0.05) is 6.61 Å². The van der Waals surface area contributed by atoms with Crippen molar-refractivity contribution in [2.75, 3.05) is 33.0 Å². The van der Waals surface area contributed by atoms with Gasteiger partial charge in [-0.2, -0.15) is 0 Å². The summed E-state index contributed by atoms with van der Waals surface area (Å²) in [6, 6.07) is 0. The van der Waals surface area contributed by atoms with Gasteiger partial charge in [0.1, 0.15) is 18.8 Å². The van der Waals surface area contributed by atoms with Crippen molar-refractivity contribution >= 4 is 5.97 Å². The van der Waals surface area contributed by atoms with Crippen molar-refractivity contribution in [3.63, 3.8) is 0 Å². The molecule has 1 aliphatic heterocycles. The van der Waals surface area contributed by atoms with E-state index in [0.29, 0.717) is 13.2 Å². The Bertz CT molecular complexity index is 653. The van der Waals surface area contributed by atoms with Crippen molar-refractivity contribution in [2.45, 2.75) is 161 Å². The summed E-state index contributed by atoms with van der Waals surface area (Å²) in [4.78, 5) is 12.4. The molecule has 8 heteroatoms. The summed E-state index contributed by atoms with van der Waals surface area (Å²) in [6.45, 7) is 4.74. The van der Waals surface area contributed by atoms with Crippen molar-refractivity contribution < 1.29 is 39.1 Å². The summed E-state index contributed by atoms with van der Waals surface area (Å²) >= 11 is 0. The van der Waals surface area contributed by atoms with Crippen LogP contribution in [0.25, 0.3) is 0 Å². The standard InChI is InChI=1S/C33H62O8/c1-3-5-7-9-11-12-13-14-15-16-17-18-20-22-24-39-32-31(30(29(36)25-34)41-33(32)37)40-27-28(35)26-38-23-21-19-10-8-6-4-2/h28-30,34-36H,3-27H2,1-2H3/t28?,29-,30+/m0/s1. The van der Waals surface area contributed by atoms with Gasteiger partial charge in [0.25, 0.3) is 0 Å². The molecule has 0 aliphatic carbocycles. The Kier molecular flexibility index (Phi) is 24.2. The number of carbonyl (C=O) groups excluding carboxylic acids is 1. The maximum absolute atomic E-state index is 12.4. The normalized spacial score (nSPS) is 16.7. The molecule has 0 amide bonds. The van der Waals surface area contributed by atoms with E-state index in [4.69, 9.17) is 18.9 Å². The molecule has 0 aromatic carbocycles. The average Bonchev–Trinajstić information content (AvgIpc) is 3.29. The van der Waals surface area contributed by atoms with Crippen LogP contribution in [0.3, 0.4) is 0 Å². The lowest BCUT2D eigenvalue weighted by Gasteiger charge is -2.20. The third-order valence-electron chi connectivity index (χ3n) is 7.57. The van der Waals surface area contributed by atoms with Crippen LogP contribution in [-0.2, 0) is 23.7 Å². The first-order chi connectivity index (χ1) is 20.0. The maximum Gasteiger partial charge on any atom is 0.378 e. The fourth-order valence-corrected chi connectivity index (χ4v) is 4.99. The molecule has 1 rings (SSSR count). The van der Waals surface area contributed by atoms with Crippen LogP contribution in [0.15, 0.2) is 11.5 Å². The minimum Gasteiger partial charge on any atom is -0.487 e.